The maximum absolute atomic E-state index is 3.57. The van der Waals surface area contributed by atoms with Crippen LogP contribution < -0.4 is 0 Å². The smallest absolute Gasteiger partial charge is 0 e. The summed E-state index contributed by atoms with van der Waals surface area (Å²) in [6, 6.07) is 0. The molecule has 0 spiro atoms. The molecule has 0 nitrogen and oxygen atoms in total. The summed E-state index contributed by atoms with van der Waals surface area (Å²) in [6.07, 6.45) is 0. The fourth-order valence-electron chi connectivity index (χ4n) is 0. The van der Waals surface area contributed by atoms with Crippen LogP contribution in [0.3, 0.4) is 0 Å². The van der Waals surface area contributed by atoms with Crippen molar-refractivity contribution in [3.63, 3.8) is 0 Å². The van der Waals surface area contributed by atoms with Gasteiger partial charge < -0.3 is 0 Å². The van der Waals surface area contributed by atoms with Gasteiger partial charge in [-0.2, -0.15) is 0 Å². The molecule has 4 heavy (non-hydrogen) atoms. The zero-order valence-electron chi connectivity index (χ0n) is 1.80. The average Bonchev–Trinajstić information content (AvgIpc) is 0.918. The average molecular weight is 189 g/mol. The minimum Gasteiger partial charge on any atom is -0.1000 e. The van der Waals surface area contributed by atoms with E-state index in [0.717, 1.165) is 9.83 Å². The second kappa shape index (κ2) is 8.87. The van der Waals surface area contributed by atoms with Gasteiger partial charge in [-0.05, 0) is 9.83 Å². The van der Waals surface area contributed by atoms with Crippen molar-refractivity contribution in [3.05, 3.63) is 0 Å². The number of hydrogen-bond donors (Lipinski definition) is 2. The third-order valence-corrected chi connectivity index (χ3v) is 0. The van der Waals surface area contributed by atoms with Crippen LogP contribution in [0.1, 0.15) is 0 Å². The van der Waals surface area contributed by atoms with Gasteiger partial charge >= 0.3 is 0 Å². The Balaban J connectivity index is 0. The molecule has 0 saturated carbocycles. The zero-order valence-corrected chi connectivity index (χ0v) is 6.87. The molecule has 24 valence electrons. The summed E-state index contributed by atoms with van der Waals surface area (Å²) < 4.78 is 0. The van der Waals surface area contributed by atoms with Crippen LogP contribution in [0.25, 0.3) is 0 Å². The van der Waals surface area contributed by atoms with E-state index in [-0.39, 0.29) is 26.2 Å². The second-order valence-electron chi connectivity index (χ2n) is 0.0816. The van der Waals surface area contributed by atoms with E-state index in [1.807, 2.05) is 0 Å². The van der Waals surface area contributed by atoms with Gasteiger partial charge in [-0.1, -0.05) is 23.3 Å². The van der Waals surface area contributed by atoms with Gasteiger partial charge in [-0.25, -0.2) is 0 Å². The molecule has 0 aliphatic rings. The summed E-state index contributed by atoms with van der Waals surface area (Å²) in [6.45, 7) is 0. The molecule has 0 fully saturated rings. The predicted molar refractivity (Wildman–Crippen MR) is 25.6 cm³/mol. The molecule has 0 radical (unpaired) electrons. The minimum absolute atomic E-state index is 0. The van der Waals surface area contributed by atoms with Crippen LogP contribution in [-0.2, 0) is 26.2 Å². The summed E-state index contributed by atoms with van der Waals surface area (Å²) in [5, 5.41) is 0. The van der Waals surface area contributed by atoms with Crippen LogP contribution in [0, 0.1) is 0 Å². The third-order valence-electron chi connectivity index (χ3n) is 0. The van der Waals surface area contributed by atoms with Gasteiger partial charge in [0.1, 0.15) is 0 Å². The zero-order chi connectivity index (χ0) is 2.71. The van der Waals surface area contributed by atoms with E-state index < -0.39 is 0 Å². The molecule has 0 bridgehead atoms. The SMILES string of the molecule is SSS.[Zr]. The second-order valence-corrected chi connectivity index (χ2v) is 2.20. The summed E-state index contributed by atoms with van der Waals surface area (Å²) in [4.78, 5) is 0. The van der Waals surface area contributed by atoms with Crippen LogP contribution >= 0.6 is 33.1 Å². The monoisotopic (exact) mass is 188 g/mol. The molecular formula is H2S3Zr. The predicted octanol–water partition coefficient (Wildman–Crippen LogP) is 1.41. The topological polar surface area (TPSA) is 0 Å². The Bertz CT molecular complexity index is 3.25. The van der Waals surface area contributed by atoms with E-state index in [0.29, 0.717) is 0 Å². The van der Waals surface area contributed by atoms with Crippen molar-refractivity contribution < 1.29 is 26.2 Å². The first kappa shape index (κ1) is 9.33. The Labute approximate surface area is 58.9 Å². The standard InChI is InChI=1S/H2S3.Zr/c1-3-2;/h1-2H;. The van der Waals surface area contributed by atoms with E-state index in [4.69, 9.17) is 0 Å². The van der Waals surface area contributed by atoms with Crippen LogP contribution in [-0.4, -0.2) is 0 Å². The van der Waals surface area contributed by atoms with Gasteiger partial charge in [-0.3, -0.25) is 0 Å². The van der Waals surface area contributed by atoms with Gasteiger partial charge in [0.2, 0.25) is 0 Å². The van der Waals surface area contributed by atoms with E-state index in [1.165, 1.54) is 0 Å². The van der Waals surface area contributed by atoms with Crippen molar-refractivity contribution in [2.75, 3.05) is 0 Å². The van der Waals surface area contributed by atoms with Crippen molar-refractivity contribution in [3.8, 4) is 0 Å². The number of thiol groups is 2. The molecule has 0 atom stereocenters. The Morgan fingerprint density at radius 1 is 1.25 bits per heavy atom. The molecule has 0 aromatic rings. The molecule has 0 aromatic carbocycles. The summed E-state index contributed by atoms with van der Waals surface area (Å²) in [7, 11) is 1.14. The molecule has 0 heterocycles. The van der Waals surface area contributed by atoms with Gasteiger partial charge in [0, 0.05) is 26.2 Å². The maximum Gasteiger partial charge on any atom is 0 e. The van der Waals surface area contributed by atoms with E-state index in [2.05, 4.69) is 23.3 Å². The minimum atomic E-state index is 0. The first-order valence-electron chi connectivity index (χ1n) is 0.365. The van der Waals surface area contributed by atoms with E-state index >= 15 is 0 Å². The van der Waals surface area contributed by atoms with Crippen molar-refractivity contribution in [1.29, 1.82) is 0 Å². The van der Waals surface area contributed by atoms with Crippen molar-refractivity contribution >= 4 is 33.1 Å². The maximum atomic E-state index is 3.57. The summed E-state index contributed by atoms with van der Waals surface area (Å²) in [5.74, 6) is 0. The van der Waals surface area contributed by atoms with Crippen molar-refractivity contribution in [1.82, 2.24) is 0 Å². The first-order chi connectivity index (χ1) is 1.41. The van der Waals surface area contributed by atoms with Crippen LogP contribution in [0.2, 0.25) is 0 Å². The largest absolute Gasteiger partial charge is 0.1000 e. The fourth-order valence-corrected chi connectivity index (χ4v) is 0. The quantitative estimate of drug-likeness (QED) is 0.429. The van der Waals surface area contributed by atoms with Gasteiger partial charge in [0.25, 0.3) is 0 Å². The Kier molecular flexibility index (Phi) is 20.7. The normalized spacial score (nSPS) is 4.50. The van der Waals surface area contributed by atoms with Gasteiger partial charge in [0.05, 0.1) is 0 Å². The molecule has 0 amide bonds. The van der Waals surface area contributed by atoms with Crippen molar-refractivity contribution in [2.24, 2.45) is 0 Å². The first-order valence-corrected chi connectivity index (χ1v) is 3.29. The molecule has 0 aliphatic heterocycles. The summed E-state index contributed by atoms with van der Waals surface area (Å²) in [5.41, 5.74) is 0. The third kappa shape index (κ3) is 9.05. The fraction of sp³-hybridized carbons (Fsp3) is 0. The van der Waals surface area contributed by atoms with E-state index in [9.17, 15) is 0 Å². The molecule has 0 unspecified atom stereocenters. The van der Waals surface area contributed by atoms with Gasteiger partial charge in [0.15, 0.2) is 0 Å². The van der Waals surface area contributed by atoms with Crippen LogP contribution in [0.5, 0.6) is 0 Å². The number of hydrogen-bond acceptors (Lipinski definition) is 3. The molecule has 0 rings (SSSR count). The molecule has 0 saturated heterocycles. The summed E-state index contributed by atoms with van der Waals surface area (Å²) >= 11 is 7.14. The Hall–Kier alpha value is 1.93. The number of rotatable bonds is 0. The van der Waals surface area contributed by atoms with E-state index in [1.54, 1.807) is 0 Å². The van der Waals surface area contributed by atoms with Crippen LogP contribution in [0.15, 0.2) is 0 Å². The van der Waals surface area contributed by atoms with Gasteiger partial charge in [-0.15, -0.1) is 0 Å². The molecular weight excluding hydrogens is 187 g/mol. The molecule has 0 N–H and O–H groups in total. The molecule has 0 aliphatic carbocycles. The Morgan fingerprint density at radius 2 is 1.25 bits per heavy atom. The molecule has 4 heteroatoms. The Morgan fingerprint density at radius 3 is 1.25 bits per heavy atom. The molecule has 0 aromatic heterocycles. The van der Waals surface area contributed by atoms with Crippen molar-refractivity contribution in [2.45, 2.75) is 0 Å². The van der Waals surface area contributed by atoms with Crippen LogP contribution in [0.4, 0.5) is 0 Å².